The largest absolute Gasteiger partial charge is 0.735 e. The van der Waals surface area contributed by atoms with Crippen molar-refractivity contribution < 1.29 is 13.8 Å². The number of piperazine rings is 2. The van der Waals surface area contributed by atoms with Crippen molar-refractivity contribution in [3.05, 3.63) is 0 Å². The molecule has 7 nitrogen and oxygen atoms in total. The van der Waals surface area contributed by atoms with Crippen LogP contribution in [0.4, 0.5) is 0 Å². The lowest BCUT2D eigenvalue weighted by atomic mass is 10.4. The lowest BCUT2D eigenvalue weighted by Crippen LogP contribution is -2.44. The van der Waals surface area contributed by atoms with Gasteiger partial charge >= 0.3 is 8.25 Å². The molecule has 2 fully saturated rings. The maximum atomic E-state index is 11.6. The second-order valence-corrected chi connectivity index (χ2v) is 4.52. The average molecular weight is 249 g/mol. The van der Waals surface area contributed by atoms with Crippen LogP contribution in [0.15, 0.2) is 0 Å². The van der Waals surface area contributed by atoms with Crippen molar-refractivity contribution in [3.8, 4) is 0 Å². The van der Waals surface area contributed by atoms with E-state index in [0.29, 0.717) is 0 Å². The molecule has 2 N–H and O–H groups in total. The monoisotopic (exact) mass is 249 g/mol. The quantitative estimate of drug-likeness (QED) is 0.640. The predicted octanol–water partition coefficient (Wildman–Crippen LogP) is -0.683. The highest BCUT2D eigenvalue weighted by atomic mass is 31.1. The van der Waals surface area contributed by atoms with Gasteiger partial charge in [-0.3, -0.25) is 0 Å². The second kappa shape index (κ2) is 6.56. The first kappa shape index (κ1) is 12.3. The van der Waals surface area contributed by atoms with Crippen LogP contribution in [0.3, 0.4) is 0 Å². The number of nitrogens with zero attached hydrogens (tertiary/aromatic N) is 2. The molecule has 0 aromatic rings. The molecule has 92 valence electrons. The Balaban J connectivity index is 1.66. The second-order valence-electron chi connectivity index (χ2n) is 3.74. The zero-order chi connectivity index (χ0) is 11.2. The fraction of sp³-hybridized carbons (Fsp3) is 1.00. The van der Waals surface area contributed by atoms with Crippen molar-refractivity contribution in [1.29, 1.82) is 0 Å². The molecule has 2 aliphatic rings. The molecule has 0 unspecified atom stereocenters. The molecular weight excluding hydrogens is 231 g/mol. The van der Waals surface area contributed by atoms with E-state index in [1.54, 1.807) is 10.1 Å². The first-order valence-electron chi connectivity index (χ1n) is 5.59. The van der Waals surface area contributed by atoms with Gasteiger partial charge in [-0.1, -0.05) is 0 Å². The average Bonchev–Trinajstić information content (AvgIpc) is 2.31. The van der Waals surface area contributed by atoms with Gasteiger partial charge in [-0.25, -0.2) is 0 Å². The van der Waals surface area contributed by atoms with Crippen molar-refractivity contribution in [3.63, 3.8) is 0 Å². The van der Waals surface area contributed by atoms with Crippen LogP contribution in [0, 0.1) is 0 Å². The van der Waals surface area contributed by atoms with E-state index in [-0.39, 0.29) is 0 Å². The molecule has 0 bridgehead atoms. The van der Waals surface area contributed by atoms with Crippen LogP contribution >= 0.6 is 8.25 Å². The molecule has 0 spiro atoms. The third-order valence-corrected chi connectivity index (χ3v) is 3.24. The van der Waals surface area contributed by atoms with Gasteiger partial charge in [0.1, 0.15) is 0 Å². The van der Waals surface area contributed by atoms with Crippen LogP contribution in [-0.2, 0) is 13.8 Å². The zero-order valence-corrected chi connectivity index (χ0v) is 10.1. The number of hydrogen-bond donors (Lipinski definition) is 2. The van der Waals surface area contributed by atoms with E-state index in [0.717, 1.165) is 52.4 Å². The summed E-state index contributed by atoms with van der Waals surface area (Å²) in [6.07, 6.45) is 0. The number of hydroxylamine groups is 4. The van der Waals surface area contributed by atoms with Gasteiger partial charge in [-0.2, -0.15) is 0 Å². The molecule has 2 aliphatic heterocycles. The van der Waals surface area contributed by atoms with Crippen LogP contribution in [0.25, 0.3) is 0 Å². The normalized spacial score (nSPS) is 24.5. The summed E-state index contributed by atoms with van der Waals surface area (Å²) in [6, 6.07) is 0. The molecule has 0 amide bonds. The van der Waals surface area contributed by atoms with Crippen molar-refractivity contribution in [2.24, 2.45) is 0 Å². The Morgan fingerprint density at radius 3 is 1.56 bits per heavy atom. The number of rotatable bonds is 4. The fourth-order valence-corrected chi connectivity index (χ4v) is 2.39. The number of hydrogen-bond acceptors (Lipinski definition) is 7. The maximum Gasteiger partial charge on any atom is 0.735 e. The minimum absolute atomic E-state index is 0.742. The van der Waals surface area contributed by atoms with E-state index in [2.05, 4.69) is 10.6 Å². The molecule has 8 heteroatoms. The van der Waals surface area contributed by atoms with Crippen molar-refractivity contribution in [1.82, 2.24) is 20.8 Å². The third kappa shape index (κ3) is 4.03. The molecule has 0 aromatic heterocycles. The first-order valence-corrected chi connectivity index (χ1v) is 6.69. The zero-order valence-electron chi connectivity index (χ0n) is 9.22. The topological polar surface area (TPSA) is 66.1 Å². The maximum absolute atomic E-state index is 11.6. The van der Waals surface area contributed by atoms with E-state index >= 15 is 0 Å². The summed E-state index contributed by atoms with van der Waals surface area (Å²) in [5.74, 6) is 0. The molecule has 2 rings (SSSR count). The van der Waals surface area contributed by atoms with Crippen LogP contribution in [0.2, 0.25) is 0 Å². The highest BCUT2D eigenvalue weighted by Gasteiger charge is 2.31. The van der Waals surface area contributed by atoms with E-state index < -0.39 is 8.25 Å². The molecule has 0 saturated carbocycles. The summed E-state index contributed by atoms with van der Waals surface area (Å²) in [4.78, 5) is 0. The van der Waals surface area contributed by atoms with Crippen LogP contribution in [-0.4, -0.2) is 62.5 Å². The van der Waals surface area contributed by atoms with Gasteiger partial charge in [0.2, 0.25) is 0 Å². The smallest absolute Gasteiger partial charge is 0.314 e. The van der Waals surface area contributed by atoms with Crippen LogP contribution in [0.5, 0.6) is 0 Å². The summed E-state index contributed by atoms with van der Waals surface area (Å²) in [5.41, 5.74) is 0. The van der Waals surface area contributed by atoms with Crippen molar-refractivity contribution in [2.45, 2.75) is 0 Å². The molecule has 0 radical (unpaired) electrons. The predicted molar refractivity (Wildman–Crippen MR) is 58.7 cm³/mol. The minimum atomic E-state index is -2.08. The van der Waals surface area contributed by atoms with Crippen LogP contribution < -0.4 is 10.6 Å². The molecule has 0 aromatic carbocycles. The number of nitrogens with one attached hydrogen (secondary N) is 2. The third-order valence-electron chi connectivity index (χ3n) is 2.52. The minimum Gasteiger partial charge on any atom is -0.314 e. The Morgan fingerprint density at radius 1 is 0.812 bits per heavy atom. The summed E-state index contributed by atoms with van der Waals surface area (Å²) < 4.78 is 22.0. The van der Waals surface area contributed by atoms with E-state index in [1.165, 1.54) is 0 Å². The van der Waals surface area contributed by atoms with Crippen LogP contribution in [0.1, 0.15) is 0 Å². The molecule has 0 atom stereocenters. The highest BCUT2D eigenvalue weighted by Crippen LogP contribution is 2.27. The van der Waals surface area contributed by atoms with Gasteiger partial charge in [0.25, 0.3) is 0 Å². The molecule has 2 heterocycles. The van der Waals surface area contributed by atoms with E-state index in [1.807, 2.05) is 0 Å². The molecule has 0 aliphatic carbocycles. The van der Waals surface area contributed by atoms with Gasteiger partial charge < -0.3 is 10.6 Å². The SMILES string of the molecule is O=[P+](ON1CCNCC1)ON1CCNCC1. The fourth-order valence-electron chi connectivity index (χ4n) is 1.66. The van der Waals surface area contributed by atoms with Gasteiger partial charge in [0.05, 0.1) is 0 Å². The molecule has 2 saturated heterocycles. The van der Waals surface area contributed by atoms with E-state index in [4.69, 9.17) is 9.25 Å². The lowest BCUT2D eigenvalue weighted by Gasteiger charge is -2.22. The van der Waals surface area contributed by atoms with Crippen molar-refractivity contribution >= 4 is 8.25 Å². The lowest BCUT2D eigenvalue weighted by molar-refractivity contribution is -0.120. The van der Waals surface area contributed by atoms with E-state index in [9.17, 15) is 4.57 Å². The Bertz CT molecular complexity index is 209. The standard InChI is InChI=1S/C8H18N4O3P/c13-16(14-11-5-1-9-2-6-11)15-12-7-3-10-4-8-12/h9-10H,1-8H2/q+1. The van der Waals surface area contributed by atoms with Gasteiger partial charge in [-0.15, -0.1) is 10.1 Å². The summed E-state index contributed by atoms with van der Waals surface area (Å²) in [7, 11) is -2.08. The van der Waals surface area contributed by atoms with Crippen molar-refractivity contribution in [2.75, 3.05) is 52.4 Å². The van der Waals surface area contributed by atoms with Gasteiger partial charge in [-0.05, 0) is 9.25 Å². The Kier molecular flexibility index (Phi) is 5.05. The summed E-state index contributed by atoms with van der Waals surface area (Å²) >= 11 is 0. The Labute approximate surface area is 95.9 Å². The Morgan fingerprint density at radius 2 is 1.19 bits per heavy atom. The van der Waals surface area contributed by atoms with Gasteiger partial charge in [0, 0.05) is 56.9 Å². The summed E-state index contributed by atoms with van der Waals surface area (Å²) in [6.45, 7) is 6.40. The highest BCUT2D eigenvalue weighted by molar-refractivity contribution is 7.33. The van der Waals surface area contributed by atoms with Gasteiger partial charge in [0.15, 0.2) is 0 Å². The Hall–Kier alpha value is -0.140. The first-order chi connectivity index (χ1) is 7.84. The summed E-state index contributed by atoms with van der Waals surface area (Å²) in [5, 5.41) is 9.77. The molecular formula is C8H18N4O3P+. The molecule has 16 heavy (non-hydrogen) atoms.